The third kappa shape index (κ3) is 4.99. The molecule has 30 heavy (non-hydrogen) atoms. The third-order valence-electron chi connectivity index (χ3n) is 4.73. The maximum Gasteiger partial charge on any atom is 0.261 e. The van der Waals surface area contributed by atoms with E-state index >= 15 is 0 Å². The number of nitrogens with one attached hydrogen (secondary N) is 2. The van der Waals surface area contributed by atoms with Gasteiger partial charge in [-0.2, -0.15) is 0 Å². The molecule has 3 rings (SSSR count). The summed E-state index contributed by atoms with van der Waals surface area (Å²) in [5, 5.41) is 2.82. The minimum Gasteiger partial charge on any atom is -0.497 e. The van der Waals surface area contributed by atoms with Crippen LogP contribution in [0.4, 0.5) is 11.4 Å². The van der Waals surface area contributed by atoms with E-state index in [-0.39, 0.29) is 10.8 Å². The van der Waals surface area contributed by atoms with Crippen molar-refractivity contribution >= 4 is 27.3 Å². The van der Waals surface area contributed by atoms with Crippen molar-refractivity contribution in [1.29, 1.82) is 0 Å². The Labute approximate surface area is 177 Å². The number of anilines is 2. The van der Waals surface area contributed by atoms with Crippen LogP contribution in [0.5, 0.6) is 5.75 Å². The highest BCUT2D eigenvalue weighted by atomic mass is 32.2. The molecule has 0 saturated heterocycles. The van der Waals surface area contributed by atoms with Crippen LogP contribution in [0.25, 0.3) is 0 Å². The molecular formula is C23H24N2O4S. The minimum atomic E-state index is -3.86. The highest BCUT2D eigenvalue weighted by molar-refractivity contribution is 7.92. The SMILES string of the molecule is CCc1ccc(NC(=O)c2cc(S(=O)(=O)Nc3ccc(OC)cc3)ccc2C)cc1. The first-order chi connectivity index (χ1) is 14.3. The first-order valence-corrected chi connectivity index (χ1v) is 11.0. The summed E-state index contributed by atoms with van der Waals surface area (Å²) in [6, 6.07) is 18.6. The van der Waals surface area contributed by atoms with E-state index in [4.69, 9.17) is 4.74 Å². The summed E-state index contributed by atoms with van der Waals surface area (Å²) >= 11 is 0. The number of aryl methyl sites for hydroxylation is 2. The van der Waals surface area contributed by atoms with Crippen molar-refractivity contribution < 1.29 is 17.9 Å². The first-order valence-electron chi connectivity index (χ1n) is 9.50. The molecule has 0 atom stereocenters. The number of methoxy groups -OCH3 is 1. The van der Waals surface area contributed by atoms with Gasteiger partial charge in [-0.3, -0.25) is 9.52 Å². The van der Waals surface area contributed by atoms with Gasteiger partial charge in [0.1, 0.15) is 5.75 Å². The van der Waals surface area contributed by atoms with E-state index in [2.05, 4.69) is 17.0 Å². The lowest BCUT2D eigenvalue weighted by molar-refractivity contribution is 0.102. The van der Waals surface area contributed by atoms with Gasteiger partial charge in [0.15, 0.2) is 0 Å². The minimum absolute atomic E-state index is 0.00963. The molecule has 0 unspecified atom stereocenters. The van der Waals surface area contributed by atoms with Gasteiger partial charge in [-0.05, 0) is 73.0 Å². The van der Waals surface area contributed by atoms with E-state index in [0.717, 1.165) is 6.42 Å². The number of sulfonamides is 1. The lowest BCUT2D eigenvalue weighted by Gasteiger charge is -2.12. The van der Waals surface area contributed by atoms with Crippen LogP contribution >= 0.6 is 0 Å². The summed E-state index contributed by atoms with van der Waals surface area (Å²) in [6.45, 7) is 3.82. The number of ether oxygens (including phenoxy) is 1. The molecule has 0 aromatic heterocycles. The second-order valence-electron chi connectivity index (χ2n) is 6.82. The summed E-state index contributed by atoms with van der Waals surface area (Å²) in [7, 11) is -2.32. The fraction of sp³-hybridized carbons (Fsp3) is 0.174. The molecule has 1 amide bonds. The van der Waals surface area contributed by atoms with Crippen LogP contribution in [0, 0.1) is 6.92 Å². The fourth-order valence-electron chi connectivity index (χ4n) is 2.91. The molecule has 3 aromatic carbocycles. The topological polar surface area (TPSA) is 84.5 Å². The molecule has 0 aliphatic heterocycles. The van der Waals surface area contributed by atoms with Crippen molar-refractivity contribution in [2.45, 2.75) is 25.2 Å². The van der Waals surface area contributed by atoms with Gasteiger partial charge in [-0.15, -0.1) is 0 Å². The number of rotatable bonds is 7. The van der Waals surface area contributed by atoms with Crippen LogP contribution < -0.4 is 14.8 Å². The van der Waals surface area contributed by atoms with Crippen LogP contribution in [-0.2, 0) is 16.4 Å². The Morgan fingerprint density at radius 3 is 2.17 bits per heavy atom. The molecule has 0 spiro atoms. The zero-order valence-electron chi connectivity index (χ0n) is 17.1. The molecule has 0 saturated carbocycles. The van der Waals surface area contributed by atoms with E-state index in [1.807, 2.05) is 24.3 Å². The van der Waals surface area contributed by atoms with Gasteiger partial charge >= 0.3 is 0 Å². The maximum absolute atomic E-state index is 12.8. The molecule has 0 bridgehead atoms. The highest BCUT2D eigenvalue weighted by Gasteiger charge is 2.18. The Bertz CT molecular complexity index is 1140. The van der Waals surface area contributed by atoms with Crippen molar-refractivity contribution in [3.8, 4) is 5.75 Å². The van der Waals surface area contributed by atoms with Gasteiger partial charge < -0.3 is 10.1 Å². The summed E-state index contributed by atoms with van der Waals surface area (Å²) in [5.41, 5.74) is 3.20. The molecule has 3 aromatic rings. The molecule has 7 heteroatoms. The van der Waals surface area contributed by atoms with Crippen molar-refractivity contribution in [3.63, 3.8) is 0 Å². The van der Waals surface area contributed by atoms with Crippen LogP contribution in [0.15, 0.2) is 71.6 Å². The number of carbonyl (C=O) groups excluding carboxylic acids is 1. The predicted octanol–water partition coefficient (Wildman–Crippen LogP) is 4.62. The molecular weight excluding hydrogens is 400 g/mol. The largest absolute Gasteiger partial charge is 0.497 e. The standard InChI is InChI=1S/C23H24N2O4S/c1-4-17-6-8-18(9-7-17)24-23(26)22-15-21(14-5-16(22)2)30(27,28)25-19-10-12-20(29-3)13-11-19/h5-15,25H,4H2,1-3H3,(H,24,26). The first kappa shape index (κ1) is 21.4. The average molecular weight is 425 g/mol. The van der Waals surface area contributed by atoms with E-state index in [9.17, 15) is 13.2 Å². The third-order valence-corrected chi connectivity index (χ3v) is 6.11. The van der Waals surface area contributed by atoms with Gasteiger partial charge in [-0.1, -0.05) is 25.1 Å². The molecule has 2 N–H and O–H groups in total. The van der Waals surface area contributed by atoms with Gasteiger partial charge in [0.05, 0.1) is 12.0 Å². The predicted molar refractivity (Wildman–Crippen MR) is 119 cm³/mol. The zero-order chi connectivity index (χ0) is 21.7. The summed E-state index contributed by atoms with van der Waals surface area (Å²) in [6.07, 6.45) is 0.911. The fourth-order valence-corrected chi connectivity index (χ4v) is 3.99. The molecule has 0 aliphatic rings. The van der Waals surface area contributed by atoms with Crippen molar-refractivity contribution in [2.24, 2.45) is 0 Å². The Morgan fingerprint density at radius 1 is 0.933 bits per heavy atom. The van der Waals surface area contributed by atoms with E-state index in [0.29, 0.717) is 28.3 Å². The van der Waals surface area contributed by atoms with Gasteiger partial charge in [0, 0.05) is 16.9 Å². The zero-order valence-corrected chi connectivity index (χ0v) is 17.9. The van der Waals surface area contributed by atoms with Gasteiger partial charge in [-0.25, -0.2) is 8.42 Å². The van der Waals surface area contributed by atoms with Crippen molar-refractivity contribution in [3.05, 3.63) is 83.4 Å². The number of carbonyl (C=O) groups is 1. The normalized spacial score (nSPS) is 11.0. The summed E-state index contributed by atoms with van der Waals surface area (Å²) in [5.74, 6) is 0.262. The quantitative estimate of drug-likeness (QED) is 0.580. The molecule has 0 aliphatic carbocycles. The van der Waals surface area contributed by atoms with Crippen molar-refractivity contribution in [1.82, 2.24) is 0 Å². The second kappa shape index (κ2) is 9.00. The second-order valence-corrected chi connectivity index (χ2v) is 8.50. The molecule has 0 heterocycles. The lowest BCUT2D eigenvalue weighted by Crippen LogP contribution is -2.17. The van der Waals surface area contributed by atoms with Crippen LogP contribution in [0.2, 0.25) is 0 Å². The number of hydrogen-bond acceptors (Lipinski definition) is 4. The Kier molecular flexibility index (Phi) is 6.42. The summed E-state index contributed by atoms with van der Waals surface area (Å²) < 4.78 is 33.2. The molecule has 0 fully saturated rings. The van der Waals surface area contributed by atoms with Crippen LogP contribution in [0.3, 0.4) is 0 Å². The highest BCUT2D eigenvalue weighted by Crippen LogP contribution is 2.22. The lowest BCUT2D eigenvalue weighted by atomic mass is 10.1. The Hall–Kier alpha value is -3.32. The van der Waals surface area contributed by atoms with Gasteiger partial charge in [0.25, 0.3) is 15.9 Å². The number of hydrogen-bond donors (Lipinski definition) is 2. The number of amides is 1. The molecule has 156 valence electrons. The Morgan fingerprint density at radius 2 is 1.57 bits per heavy atom. The number of benzene rings is 3. The summed E-state index contributed by atoms with van der Waals surface area (Å²) in [4.78, 5) is 12.8. The maximum atomic E-state index is 12.8. The van der Waals surface area contributed by atoms with Crippen LogP contribution in [-0.4, -0.2) is 21.4 Å². The monoisotopic (exact) mass is 424 g/mol. The van der Waals surface area contributed by atoms with E-state index < -0.39 is 10.0 Å². The van der Waals surface area contributed by atoms with Gasteiger partial charge in [0.2, 0.25) is 0 Å². The molecule has 0 radical (unpaired) electrons. The Balaban J connectivity index is 1.82. The van der Waals surface area contributed by atoms with E-state index in [1.54, 1.807) is 37.3 Å². The molecule has 6 nitrogen and oxygen atoms in total. The van der Waals surface area contributed by atoms with Crippen molar-refractivity contribution in [2.75, 3.05) is 17.1 Å². The van der Waals surface area contributed by atoms with Crippen LogP contribution in [0.1, 0.15) is 28.4 Å². The smallest absolute Gasteiger partial charge is 0.261 e. The average Bonchev–Trinajstić information content (AvgIpc) is 2.74. The van der Waals surface area contributed by atoms with E-state index in [1.165, 1.54) is 24.8 Å².